The van der Waals surface area contributed by atoms with Gasteiger partial charge in [-0.1, -0.05) is 18.5 Å². The highest BCUT2D eigenvalue weighted by Crippen LogP contribution is 2.29. The van der Waals surface area contributed by atoms with Crippen LogP contribution >= 0.6 is 11.6 Å². The molecular formula is C14H19ClF2N2O3. The van der Waals surface area contributed by atoms with E-state index in [-0.39, 0.29) is 23.1 Å². The Bertz CT molecular complexity index is 517. The van der Waals surface area contributed by atoms with E-state index in [0.717, 1.165) is 0 Å². The van der Waals surface area contributed by atoms with Crippen molar-refractivity contribution in [2.75, 3.05) is 11.9 Å². The molecule has 0 aliphatic heterocycles. The second-order valence-corrected chi connectivity index (χ2v) is 5.40. The van der Waals surface area contributed by atoms with Gasteiger partial charge in [0, 0.05) is 23.9 Å². The molecule has 1 unspecified atom stereocenters. The summed E-state index contributed by atoms with van der Waals surface area (Å²) in [5.74, 6) is -0.219. The first-order valence-corrected chi connectivity index (χ1v) is 7.12. The molecule has 5 nitrogen and oxygen atoms in total. The first kappa shape index (κ1) is 18.4. The van der Waals surface area contributed by atoms with Gasteiger partial charge in [-0.2, -0.15) is 8.78 Å². The third-order valence-corrected chi connectivity index (χ3v) is 3.58. The van der Waals surface area contributed by atoms with E-state index in [1.807, 2.05) is 6.92 Å². The molecule has 1 atom stereocenters. The largest absolute Gasteiger partial charge is 0.433 e. The van der Waals surface area contributed by atoms with Crippen LogP contribution in [0, 0.1) is 0 Å². The number of nitrogens with one attached hydrogen (secondary N) is 2. The Morgan fingerprint density at radius 1 is 1.50 bits per heavy atom. The van der Waals surface area contributed by atoms with E-state index in [2.05, 4.69) is 15.4 Å². The molecule has 1 rings (SSSR count). The molecule has 0 heterocycles. The van der Waals surface area contributed by atoms with Crippen LogP contribution in [-0.4, -0.2) is 29.9 Å². The van der Waals surface area contributed by atoms with Crippen LogP contribution in [0.15, 0.2) is 18.2 Å². The number of aliphatic hydroxyl groups is 1. The fourth-order valence-electron chi connectivity index (χ4n) is 1.78. The number of anilines is 1. The number of alkyl halides is 2. The van der Waals surface area contributed by atoms with Gasteiger partial charge in [0.05, 0.1) is 5.02 Å². The number of hydrogen-bond donors (Lipinski definition) is 3. The summed E-state index contributed by atoms with van der Waals surface area (Å²) in [6.07, 6.45) is 1.03. The molecule has 0 saturated heterocycles. The molecule has 0 saturated carbocycles. The molecule has 3 N–H and O–H groups in total. The predicted octanol–water partition coefficient (Wildman–Crippen LogP) is 3.61. The summed E-state index contributed by atoms with van der Waals surface area (Å²) < 4.78 is 28.7. The molecule has 0 spiro atoms. The zero-order valence-electron chi connectivity index (χ0n) is 12.3. The number of ether oxygens (including phenoxy) is 1. The Labute approximate surface area is 132 Å². The van der Waals surface area contributed by atoms with Crippen molar-refractivity contribution in [3.63, 3.8) is 0 Å². The van der Waals surface area contributed by atoms with Gasteiger partial charge >= 0.3 is 12.6 Å². The molecule has 0 bridgehead atoms. The first-order chi connectivity index (χ1) is 10.3. The van der Waals surface area contributed by atoms with E-state index in [1.54, 1.807) is 6.92 Å². The third kappa shape index (κ3) is 5.65. The van der Waals surface area contributed by atoms with E-state index >= 15 is 0 Å². The zero-order valence-corrected chi connectivity index (χ0v) is 13.1. The lowest BCUT2D eigenvalue weighted by Crippen LogP contribution is -2.48. The fraction of sp³-hybridized carbons (Fsp3) is 0.500. The van der Waals surface area contributed by atoms with Crippen LogP contribution < -0.4 is 15.4 Å². The minimum absolute atomic E-state index is 0.0185. The predicted molar refractivity (Wildman–Crippen MR) is 80.6 cm³/mol. The SMILES string of the molecule is CCC(C)(CCO)NC(=O)Nc1ccc(Cl)c(OC(F)F)c1. The lowest BCUT2D eigenvalue weighted by atomic mass is 9.95. The normalized spacial score (nSPS) is 13.6. The number of aliphatic hydroxyl groups excluding tert-OH is 1. The Balaban J connectivity index is 2.76. The highest BCUT2D eigenvalue weighted by atomic mass is 35.5. The molecular weight excluding hydrogens is 318 g/mol. The van der Waals surface area contributed by atoms with E-state index in [0.29, 0.717) is 12.8 Å². The summed E-state index contributed by atoms with van der Waals surface area (Å²) in [6, 6.07) is 3.52. The van der Waals surface area contributed by atoms with Gasteiger partial charge in [-0.25, -0.2) is 4.79 Å². The summed E-state index contributed by atoms with van der Waals surface area (Å²) in [5.41, 5.74) is -0.298. The maximum atomic E-state index is 12.2. The Morgan fingerprint density at radius 3 is 2.73 bits per heavy atom. The van der Waals surface area contributed by atoms with Crippen LogP contribution in [0.2, 0.25) is 5.02 Å². The van der Waals surface area contributed by atoms with Gasteiger partial charge in [0.15, 0.2) is 0 Å². The number of rotatable bonds is 7. The molecule has 0 aromatic heterocycles. The van der Waals surface area contributed by atoms with Crippen LogP contribution in [-0.2, 0) is 0 Å². The van der Waals surface area contributed by atoms with E-state index < -0.39 is 18.2 Å². The average molecular weight is 337 g/mol. The van der Waals surface area contributed by atoms with Crippen molar-refractivity contribution in [1.29, 1.82) is 0 Å². The third-order valence-electron chi connectivity index (χ3n) is 3.26. The maximum Gasteiger partial charge on any atom is 0.387 e. The highest BCUT2D eigenvalue weighted by molar-refractivity contribution is 6.32. The van der Waals surface area contributed by atoms with E-state index in [4.69, 9.17) is 16.7 Å². The fourth-order valence-corrected chi connectivity index (χ4v) is 1.94. The number of hydrogen-bond acceptors (Lipinski definition) is 3. The summed E-state index contributed by atoms with van der Waals surface area (Å²) in [4.78, 5) is 12.0. The molecule has 0 radical (unpaired) electrons. The maximum absolute atomic E-state index is 12.2. The summed E-state index contributed by atoms with van der Waals surface area (Å²) in [7, 11) is 0. The molecule has 0 fully saturated rings. The van der Waals surface area contributed by atoms with Crippen LogP contribution in [0.3, 0.4) is 0 Å². The molecule has 0 aliphatic rings. The van der Waals surface area contributed by atoms with Crippen molar-refractivity contribution in [2.45, 2.75) is 38.8 Å². The number of carbonyl (C=O) groups excluding carboxylic acids is 1. The van der Waals surface area contributed by atoms with Crippen LogP contribution in [0.25, 0.3) is 0 Å². The van der Waals surface area contributed by atoms with Crippen molar-refractivity contribution in [2.24, 2.45) is 0 Å². The molecule has 1 aromatic rings. The monoisotopic (exact) mass is 336 g/mol. The minimum Gasteiger partial charge on any atom is -0.433 e. The lowest BCUT2D eigenvalue weighted by molar-refractivity contribution is -0.0497. The van der Waals surface area contributed by atoms with Crippen LogP contribution in [0.1, 0.15) is 26.7 Å². The molecule has 22 heavy (non-hydrogen) atoms. The zero-order chi connectivity index (χ0) is 16.8. The second kappa shape index (κ2) is 8.14. The van der Waals surface area contributed by atoms with Crippen molar-refractivity contribution >= 4 is 23.3 Å². The minimum atomic E-state index is -3.01. The quantitative estimate of drug-likeness (QED) is 0.712. The van der Waals surface area contributed by atoms with Gasteiger partial charge in [-0.3, -0.25) is 0 Å². The van der Waals surface area contributed by atoms with Gasteiger partial charge in [0.2, 0.25) is 0 Å². The van der Waals surface area contributed by atoms with Gasteiger partial charge in [0.25, 0.3) is 0 Å². The summed E-state index contributed by atoms with van der Waals surface area (Å²) in [5, 5.41) is 14.3. The number of urea groups is 1. The Morgan fingerprint density at radius 2 is 2.18 bits per heavy atom. The Kier molecular flexibility index (Phi) is 6.83. The number of halogens is 3. The first-order valence-electron chi connectivity index (χ1n) is 6.74. The second-order valence-electron chi connectivity index (χ2n) is 4.99. The van der Waals surface area contributed by atoms with Gasteiger partial charge in [-0.15, -0.1) is 0 Å². The summed E-state index contributed by atoms with van der Waals surface area (Å²) in [6.45, 7) is 0.621. The van der Waals surface area contributed by atoms with Crippen molar-refractivity contribution < 1.29 is 23.4 Å². The lowest BCUT2D eigenvalue weighted by Gasteiger charge is -2.29. The Hall–Kier alpha value is -1.60. The van der Waals surface area contributed by atoms with Crippen LogP contribution in [0.4, 0.5) is 19.3 Å². The standard InChI is InChI=1S/C14H19ClF2N2O3/c1-3-14(2,6-7-20)19-13(21)18-9-4-5-10(15)11(8-9)22-12(16)17/h4-5,8,12,20H,3,6-7H2,1-2H3,(H2,18,19,21). The van der Waals surface area contributed by atoms with Crippen molar-refractivity contribution in [1.82, 2.24) is 5.32 Å². The number of benzene rings is 1. The average Bonchev–Trinajstić information content (AvgIpc) is 2.42. The summed E-state index contributed by atoms with van der Waals surface area (Å²) >= 11 is 5.73. The number of amides is 2. The van der Waals surface area contributed by atoms with E-state index in [9.17, 15) is 13.6 Å². The van der Waals surface area contributed by atoms with Gasteiger partial charge < -0.3 is 20.5 Å². The van der Waals surface area contributed by atoms with Crippen molar-refractivity contribution in [3.8, 4) is 5.75 Å². The molecule has 1 aromatic carbocycles. The highest BCUT2D eigenvalue weighted by Gasteiger charge is 2.23. The molecule has 2 amide bonds. The number of carbonyl (C=O) groups is 1. The van der Waals surface area contributed by atoms with Gasteiger partial charge in [0.1, 0.15) is 5.75 Å². The van der Waals surface area contributed by atoms with E-state index in [1.165, 1.54) is 18.2 Å². The van der Waals surface area contributed by atoms with Crippen LogP contribution in [0.5, 0.6) is 5.75 Å². The molecule has 8 heteroatoms. The smallest absolute Gasteiger partial charge is 0.387 e. The molecule has 124 valence electrons. The molecule has 0 aliphatic carbocycles. The van der Waals surface area contributed by atoms with Gasteiger partial charge in [-0.05, 0) is 31.9 Å². The topological polar surface area (TPSA) is 70.6 Å². The van der Waals surface area contributed by atoms with Crippen molar-refractivity contribution in [3.05, 3.63) is 23.2 Å².